The van der Waals surface area contributed by atoms with Crippen molar-refractivity contribution in [2.45, 2.75) is 26.3 Å². The minimum Gasteiger partial charge on any atom is -0.398 e. The van der Waals surface area contributed by atoms with Crippen LogP contribution in [0.1, 0.15) is 31.9 Å². The summed E-state index contributed by atoms with van der Waals surface area (Å²) < 4.78 is 2.06. The standard InChI is InChI=1S/C15H23Br2N3.2ClH/c1-3-10(2)15(20-6-4-19-5-7-20)12-8-11(16)9-13(17)14(12)18;;/h8-10,15,19H,3-7,18H2,1-2H3;2*1H/t10?,15-;;/m1../s1. The van der Waals surface area contributed by atoms with Crippen molar-refractivity contribution in [1.29, 1.82) is 0 Å². The highest BCUT2D eigenvalue weighted by molar-refractivity contribution is 9.11. The Bertz CT molecular complexity index is 468. The van der Waals surface area contributed by atoms with Crippen LogP contribution in [0.3, 0.4) is 0 Å². The third-order valence-electron chi connectivity index (χ3n) is 4.17. The first-order valence-corrected chi connectivity index (χ1v) is 8.82. The van der Waals surface area contributed by atoms with Crippen LogP contribution in [0.4, 0.5) is 5.69 Å². The number of nitrogens with zero attached hydrogens (tertiary/aromatic N) is 1. The summed E-state index contributed by atoms with van der Waals surface area (Å²) in [5, 5.41) is 3.42. The molecular formula is C15H25Br2Cl2N3. The fraction of sp³-hybridized carbons (Fsp3) is 0.600. The third-order valence-corrected chi connectivity index (χ3v) is 5.29. The van der Waals surface area contributed by atoms with Gasteiger partial charge in [0, 0.05) is 41.2 Å². The number of anilines is 1. The molecule has 0 radical (unpaired) electrons. The molecule has 1 fully saturated rings. The molecule has 0 aliphatic carbocycles. The maximum atomic E-state index is 6.34. The van der Waals surface area contributed by atoms with Gasteiger partial charge in [0.2, 0.25) is 0 Å². The zero-order valence-corrected chi connectivity index (χ0v) is 17.7. The largest absolute Gasteiger partial charge is 0.398 e. The summed E-state index contributed by atoms with van der Waals surface area (Å²) in [6, 6.07) is 4.58. The van der Waals surface area contributed by atoms with Gasteiger partial charge in [-0.2, -0.15) is 0 Å². The van der Waals surface area contributed by atoms with Crippen molar-refractivity contribution in [2.75, 3.05) is 31.9 Å². The fourth-order valence-electron chi connectivity index (χ4n) is 2.90. The summed E-state index contributed by atoms with van der Waals surface area (Å²) in [6.07, 6.45) is 1.15. The molecule has 3 nitrogen and oxygen atoms in total. The van der Waals surface area contributed by atoms with Gasteiger partial charge in [-0.25, -0.2) is 0 Å². The number of nitrogen functional groups attached to an aromatic ring is 1. The molecule has 22 heavy (non-hydrogen) atoms. The van der Waals surface area contributed by atoms with Crippen LogP contribution in [-0.4, -0.2) is 31.1 Å². The Labute approximate surface area is 162 Å². The number of nitrogens with two attached hydrogens (primary N) is 1. The molecule has 128 valence electrons. The average molecular weight is 478 g/mol. The molecule has 2 rings (SSSR count). The SMILES string of the molecule is CCC(C)[C@H](c1cc(Br)cc(Br)c1N)N1CCNCC1.Cl.Cl. The van der Waals surface area contributed by atoms with E-state index in [2.05, 4.69) is 62.0 Å². The molecule has 0 aromatic heterocycles. The van der Waals surface area contributed by atoms with Gasteiger partial charge in [0.1, 0.15) is 0 Å². The third kappa shape index (κ3) is 5.25. The van der Waals surface area contributed by atoms with Gasteiger partial charge in [0.25, 0.3) is 0 Å². The lowest BCUT2D eigenvalue weighted by molar-refractivity contribution is 0.129. The lowest BCUT2D eigenvalue weighted by Gasteiger charge is -2.39. The van der Waals surface area contributed by atoms with Gasteiger partial charge in [0.15, 0.2) is 0 Å². The molecule has 1 aromatic rings. The van der Waals surface area contributed by atoms with Crippen molar-refractivity contribution in [3.63, 3.8) is 0 Å². The van der Waals surface area contributed by atoms with Crippen molar-refractivity contribution in [2.24, 2.45) is 5.92 Å². The van der Waals surface area contributed by atoms with Crippen LogP contribution < -0.4 is 11.1 Å². The lowest BCUT2D eigenvalue weighted by atomic mass is 9.89. The van der Waals surface area contributed by atoms with Gasteiger partial charge >= 0.3 is 0 Å². The molecule has 1 aromatic carbocycles. The lowest BCUT2D eigenvalue weighted by Crippen LogP contribution is -2.46. The Kier molecular flexibility index (Phi) is 10.6. The molecule has 2 atom stereocenters. The summed E-state index contributed by atoms with van der Waals surface area (Å²) >= 11 is 7.17. The number of rotatable bonds is 4. The molecule has 7 heteroatoms. The highest BCUT2D eigenvalue weighted by Gasteiger charge is 2.28. The van der Waals surface area contributed by atoms with Crippen LogP contribution in [0.25, 0.3) is 0 Å². The summed E-state index contributed by atoms with van der Waals surface area (Å²) in [7, 11) is 0. The Morgan fingerprint density at radius 3 is 2.36 bits per heavy atom. The van der Waals surface area contributed by atoms with Gasteiger partial charge in [-0.15, -0.1) is 24.8 Å². The minimum absolute atomic E-state index is 0. The van der Waals surface area contributed by atoms with Crippen LogP contribution in [0.15, 0.2) is 21.1 Å². The van der Waals surface area contributed by atoms with Crippen molar-refractivity contribution in [1.82, 2.24) is 10.2 Å². The van der Waals surface area contributed by atoms with E-state index in [1.54, 1.807) is 0 Å². The maximum Gasteiger partial charge on any atom is 0.0507 e. The summed E-state index contributed by atoms with van der Waals surface area (Å²) in [6.45, 7) is 8.85. The second kappa shape index (κ2) is 10.4. The predicted octanol–water partition coefficient (Wildman–Crippen LogP) is 4.63. The van der Waals surface area contributed by atoms with Gasteiger partial charge < -0.3 is 11.1 Å². The van der Waals surface area contributed by atoms with Gasteiger partial charge in [-0.3, -0.25) is 4.90 Å². The van der Waals surface area contributed by atoms with E-state index in [0.29, 0.717) is 12.0 Å². The second-order valence-electron chi connectivity index (χ2n) is 5.51. The van der Waals surface area contributed by atoms with E-state index in [1.165, 1.54) is 5.56 Å². The number of benzene rings is 1. The van der Waals surface area contributed by atoms with Crippen LogP contribution in [0, 0.1) is 5.92 Å². The molecule has 1 unspecified atom stereocenters. The first kappa shape index (κ1) is 22.5. The van der Waals surface area contributed by atoms with Crippen molar-refractivity contribution < 1.29 is 0 Å². The summed E-state index contributed by atoms with van der Waals surface area (Å²) in [4.78, 5) is 2.56. The summed E-state index contributed by atoms with van der Waals surface area (Å²) in [5.74, 6) is 0.580. The van der Waals surface area contributed by atoms with E-state index >= 15 is 0 Å². The average Bonchev–Trinajstić information content (AvgIpc) is 2.45. The zero-order chi connectivity index (χ0) is 14.7. The smallest absolute Gasteiger partial charge is 0.0507 e. The van der Waals surface area contributed by atoms with Gasteiger partial charge in [0.05, 0.1) is 5.69 Å². The maximum absolute atomic E-state index is 6.34. The molecule has 0 saturated carbocycles. The predicted molar refractivity (Wildman–Crippen MR) is 107 cm³/mol. The van der Waals surface area contributed by atoms with Crippen LogP contribution in [0.2, 0.25) is 0 Å². The van der Waals surface area contributed by atoms with Gasteiger partial charge in [-0.05, 0) is 39.5 Å². The van der Waals surface area contributed by atoms with Crippen LogP contribution in [-0.2, 0) is 0 Å². The van der Waals surface area contributed by atoms with E-state index in [4.69, 9.17) is 5.73 Å². The van der Waals surface area contributed by atoms with E-state index in [9.17, 15) is 0 Å². The topological polar surface area (TPSA) is 41.3 Å². The molecule has 0 spiro atoms. The van der Waals surface area contributed by atoms with E-state index in [0.717, 1.165) is 47.2 Å². The Morgan fingerprint density at radius 2 is 1.82 bits per heavy atom. The number of piperazine rings is 1. The van der Waals surface area contributed by atoms with Crippen molar-refractivity contribution in [3.05, 3.63) is 26.6 Å². The summed E-state index contributed by atoms with van der Waals surface area (Å²) in [5.41, 5.74) is 8.45. The number of nitrogens with one attached hydrogen (secondary N) is 1. The van der Waals surface area contributed by atoms with Crippen molar-refractivity contribution in [3.8, 4) is 0 Å². The van der Waals surface area contributed by atoms with Gasteiger partial charge in [-0.1, -0.05) is 36.2 Å². The molecule has 3 N–H and O–H groups in total. The molecule has 1 aliphatic rings. The van der Waals surface area contributed by atoms with Crippen LogP contribution in [0.5, 0.6) is 0 Å². The van der Waals surface area contributed by atoms with Crippen molar-refractivity contribution >= 4 is 62.4 Å². The Morgan fingerprint density at radius 1 is 1.23 bits per heavy atom. The monoisotopic (exact) mass is 475 g/mol. The van der Waals surface area contributed by atoms with E-state index in [1.807, 2.05) is 6.07 Å². The minimum atomic E-state index is 0. The molecule has 0 amide bonds. The Balaban J connectivity index is 0.00000220. The number of hydrogen-bond acceptors (Lipinski definition) is 3. The first-order valence-electron chi connectivity index (χ1n) is 7.23. The highest BCUT2D eigenvalue weighted by Crippen LogP contribution is 2.39. The molecule has 1 heterocycles. The molecular weight excluding hydrogens is 453 g/mol. The van der Waals surface area contributed by atoms with E-state index < -0.39 is 0 Å². The molecule has 1 saturated heterocycles. The Hall–Kier alpha value is 0.480. The second-order valence-corrected chi connectivity index (χ2v) is 7.28. The quantitative estimate of drug-likeness (QED) is 0.621. The van der Waals surface area contributed by atoms with Crippen LogP contribution >= 0.6 is 56.7 Å². The normalized spacial score (nSPS) is 18.0. The number of halogens is 4. The zero-order valence-electron chi connectivity index (χ0n) is 12.9. The fourth-order valence-corrected chi connectivity index (χ4v) is 4.15. The highest BCUT2D eigenvalue weighted by atomic mass is 79.9. The number of hydrogen-bond donors (Lipinski definition) is 2. The first-order chi connectivity index (χ1) is 9.54. The van der Waals surface area contributed by atoms with E-state index in [-0.39, 0.29) is 24.8 Å². The molecule has 1 aliphatic heterocycles. The molecule has 0 bridgehead atoms.